The van der Waals surface area contributed by atoms with E-state index in [2.05, 4.69) is 6.92 Å². The standard InChI is InChI=1S/C19H27Cl3OS/c1-2-3-4-5-6-7-8-9-10-24-16(14-23)13-17-18(21)11-15(20)12-19(17)22/h11-13,23H,2-10,14H2,1H3/b16-13+. The predicted molar refractivity (Wildman–Crippen MR) is 112 cm³/mol. The quantitative estimate of drug-likeness (QED) is 0.354. The lowest BCUT2D eigenvalue weighted by Crippen LogP contribution is -1.90. The summed E-state index contributed by atoms with van der Waals surface area (Å²) in [6, 6.07) is 3.33. The Bertz CT molecular complexity index is 494. The molecule has 0 aliphatic heterocycles. The summed E-state index contributed by atoms with van der Waals surface area (Å²) in [5.41, 5.74) is 0.718. The van der Waals surface area contributed by atoms with Crippen LogP contribution in [-0.4, -0.2) is 17.5 Å². The maximum Gasteiger partial charge on any atom is 0.0740 e. The fourth-order valence-corrected chi connectivity index (χ4v) is 4.25. The van der Waals surface area contributed by atoms with E-state index in [-0.39, 0.29) is 6.61 Å². The van der Waals surface area contributed by atoms with Crippen LogP contribution in [0.5, 0.6) is 0 Å². The highest BCUT2D eigenvalue weighted by atomic mass is 35.5. The first kappa shape index (κ1) is 22.2. The molecule has 5 heteroatoms. The average Bonchev–Trinajstić information content (AvgIpc) is 2.54. The van der Waals surface area contributed by atoms with Gasteiger partial charge in [0.05, 0.1) is 16.7 Å². The normalized spacial score (nSPS) is 12.0. The zero-order valence-corrected chi connectivity index (χ0v) is 17.4. The van der Waals surface area contributed by atoms with E-state index in [0.717, 1.165) is 22.6 Å². The molecular weight excluding hydrogens is 383 g/mol. The molecule has 0 heterocycles. The van der Waals surface area contributed by atoms with E-state index >= 15 is 0 Å². The van der Waals surface area contributed by atoms with Crippen molar-refractivity contribution in [1.29, 1.82) is 0 Å². The van der Waals surface area contributed by atoms with Gasteiger partial charge in [-0.05, 0) is 30.4 Å². The van der Waals surface area contributed by atoms with Crippen molar-refractivity contribution in [2.24, 2.45) is 0 Å². The third-order valence-corrected chi connectivity index (χ3v) is 5.74. The number of unbranched alkanes of at least 4 members (excludes halogenated alkanes) is 7. The first-order valence-electron chi connectivity index (χ1n) is 8.67. The van der Waals surface area contributed by atoms with Crippen LogP contribution in [0.2, 0.25) is 15.1 Å². The number of aliphatic hydroxyl groups excluding tert-OH is 1. The number of benzene rings is 1. The van der Waals surface area contributed by atoms with Crippen molar-refractivity contribution in [3.63, 3.8) is 0 Å². The fourth-order valence-electron chi connectivity index (χ4n) is 2.42. The van der Waals surface area contributed by atoms with Gasteiger partial charge in [0.2, 0.25) is 0 Å². The summed E-state index contributed by atoms with van der Waals surface area (Å²) in [6.07, 6.45) is 12.3. The minimum atomic E-state index is -0.00301. The van der Waals surface area contributed by atoms with Gasteiger partial charge in [0.15, 0.2) is 0 Å². The van der Waals surface area contributed by atoms with E-state index in [1.165, 1.54) is 44.9 Å². The van der Waals surface area contributed by atoms with Crippen LogP contribution in [-0.2, 0) is 0 Å². The molecule has 0 bridgehead atoms. The van der Waals surface area contributed by atoms with Crippen molar-refractivity contribution in [3.05, 3.63) is 37.7 Å². The molecule has 0 radical (unpaired) electrons. The molecule has 0 fully saturated rings. The van der Waals surface area contributed by atoms with Crippen LogP contribution in [0.1, 0.15) is 63.9 Å². The molecule has 0 aromatic heterocycles. The van der Waals surface area contributed by atoms with Gasteiger partial charge in [-0.15, -0.1) is 11.8 Å². The molecule has 136 valence electrons. The highest BCUT2D eigenvalue weighted by Crippen LogP contribution is 2.32. The van der Waals surface area contributed by atoms with Crippen LogP contribution in [0.15, 0.2) is 17.0 Å². The van der Waals surface area contributed by atoms with E-state index in [4.69, 9.17) is 34.8 Å². The lowest BCUT2D eigenvalue weighted by Gasteiger charge is -2.08. The number of aliphatic hydroxyl groups is 1. The molecule has 0 saturated heterocycles. The third-order valence-electron chi connectivity index (χ3n) is 3.79. The third kappa shape index (κ3) is 9.01. The summed E-state index contributed by atoms with van der Waals surface area (Å²) in [5.74, 6) is 1.00. The van der Waals surface area contributed by atoms with Gasteiger partial charge >= 0.3 is 0 Å². The molecule has 0 aliphatic rings. The van der Waals surface area contributed by atoms with Crippen molar-refractivity contribution in [1.82, 2.24) is 0 Å². The molecule has 1 N–H and O–H groups in total. The minimum absolute atomic E-state index is 0.00301. The van der Waals surface area contributed by atoms with Gasteiger partial charge in [0.1, 0.15) is 0 Å². The predicted octanol–water partition coefficient (Wildman–Crippen LogP) is 7.85. The Morgan fingerprint density at radius 2 is 1.50 bits per heavy atom. The Balaban J connectivity index is 2.35. The number of hydrogen-bond acceptors (Lipinski definition) is 2. The highest BCUT2D eigenvalue weighted by molar-refractivity contribution is 8.03. The molecule has 0 aliphatic carbocycles. The molecule has 1 rings (SSSR count). The van der Waals surface area contributed by atoms with Gasteiger partial charge in [0, 0.05) is 15.5 Å². The first-order valence-corrected chi connectivity index (χ1v) is 10.8. The number of halogens is 3. The van der Waals surface area contributed by atoms with E-state index in [1.54, 1.807) is 23.9 Å². The first-order chi connectivity index (χ1) is 11.6. The Morgan fingerprint density at radius 3 is 2.04 bits per heavy atom. The van der Waals surface area contributed by atoms with E-state index < -0.39 is 0 Å². The smallest absolute Gasteiger partial charge is 0.0740 e. The number of rotatable bonds is 12. The van der Waals surface area contributed by atoms with Crippen LogP contribution in [0, 0.1) is 0 Å². The second-order valence-electron chi connectivity index (χ2n) is 5.88. The number of thioether (sulfide) groups is 1. The lowest BCUT2D eigenvalue weighted by atomic mass is 10.1. The molecule has 1 aromatic rings. The molecule has 24 heavy (non-hydrogen) atoms. The summed E-state index contributed by atoms with van der Waals surface area (Å²) in [7, 11) is 0. The van der Waals surface area contributed by atoms with E-state index in [9.17, 15) is 5.11 Å². The molecule has 0 amide bonds. The van der Waals surface area contributed by atoms with Gasteiger partial charge in [-0.2, -0.15) is 0 Å². The molecule has 0 saturated carbocycles. The van der Waals surface area contributed by atoms with Crippen molar-refractivity contribution in [2.75, 3.05) is 12.4 Å². The molecule has 0 spiro atoms. The van der Waals surface area contributed by atoms with Crippen molar-refractivity contribution in [3.8, 4) is 0 Å². The van der Waals surface area contributed by atoms with Crippen LogP contribution in [0.3, 0.4) is 0 Å². The Labute approximate surface area is 165 Å². The second-order valence-corrected chi connectivity index (χ2v) is 8.35. The topological polar surface area (TPSA) is 20.2 Å². The number of hydrogen-bond donors (Lipinski definition) is 1. The van der Waals surface area contributed by atoms with Crippen molar-refractivity contribution >= 4 is 52.6 Å². The highest BCUT2D eigenvalue weighted by Gasteiger charge is 2.07. The Kier molecular flexibility index (Phi) is 12.3. The monoisotopic (exact) mass is 408 g/mol. The zero-order valence-electron chi connectivity index (χ0n) is 14.3. The van der Waals surface area contributed by atoms with Gasteiger partial charge in [-0.1, -0.05) is 86.7 Å². The maximum atomic E-state index is 9.55. The molecular formula is C19H27Cl3OS. The molecule has 0 atom stereocenters. The maximum absolute atomic E-state index is 9.55. The van der Waals surface area contributed by atoms with Crippen LogP contribution >= 0.6 is 46.6 Å². The molecule has 1 aromatic carbocycles. The zero-order chi connectivity index (χ0) is 17.8. The molecule has 0 unspecified atom stereocenters. The van der Waals surface area contributed by atoms with Gasteiger partial charge in [-0.25, -0.2) is 0 Å². The van der Waals surface area contributed by atoms with Crippen molar-refractivity contribution < 1.29 is 5.11 Å². The van der Waals surface area contributed by atoms with E-state index in [0.29, 0.717) is 15.1 Å². The summed E-state index contributed by atoms with van der Waals surface area (Å²) in [5, 5.41) is 11.1. The second kappa shape index (κ2) is 13.4. The van der Waals surface area contributed by atoms with Crippen LogP contribution in [0.25, 0.3) is 6.08 Å². The SMILES string of the molecule is CCCCCCCCCCS/C(=C/c1c(Cl)cc(Cl)cc1Cl)CO. The minimum Gasteiger partial charge on any atom is -0.391 e. The largest absolute Gasteiger partial charge is 0.391 e. The summed E-state index contributed by atoms with van der Waals surface area (Å²) < 4.78 is 0. The molecule has 1 nitrogen and oxygen atoms in total. The van der Waals surface area contributed by atoms with Gasteiger partial charge < -0.3 is 5.11 Å². The van der Waals surface area contributed by atoms with Gasteiger partial charge in [0.25, 0.3) is 0 Å². The summed E-state index contributed by atoms with van der Waals surface area (Å²) >= 11 is 20.0. The summed E-state index contributed by atoms with van der Waals surface area (Å²) in [6.45, 7) is 2.24. The fraction of sp³-hybridized carbons (Fsp3) is 0.579. The Hall–Kier alpha value is 0.140. The van der Waals surface area contributed by atoms with Crippen LogP contribution in [0.4, 0.5) is 0 Å². The van der Waals surface area contributed by atoms with Crippen LogP contribution < -0.4 is 0 Å². The Morgan fingerprint density at radius 1 is 0.958 bits per heavy atom. The average molecular weight is 410 g/mol. The lowest BCUT2D eigenvalue weighted by molar-refractivity contribution is 0.340. The van der Waals surface area contributed by atoms with Gasteiger partial charge in [-0.3, -0.25) is 0 Å². The van der Waals surface area contributed by atoms with Crippen molar-refractivity contribution in [2.45, 2.75) is 58.3 Å². The summed E-state index contributed by atoms with van der Waals surface area (Å²) in [4.78, 5) is 0.879. The van der Waals surface area contributed by atoms with E-state index in [1.807, 2.05) is 6.08 Å².